The highest BCUT2D eigenvalue weighted by atomic mass is 16.6. The number of carbonyl (C=O) groups excluding carboxylic acids is 1. The fourth-order valence-corrected chi connectivity index (χ4v) is 4.51. The van der Waals surface area contributed by atoms with Crippen molar-refractivity contribution < 1.29 is 24.1 Å². The molecule has 2 aliphatic rings. The van der Waals surface area contributed by atoms with Crippen molar-refractivity contribution in [3.8, 4) is 17.0 Å². The minimum atomic E-state index is -0.512. The van der Waals surface area contributed by atoms with Gasteiger partial charge >= 0.3 is 6.09 Å². The second-order valence-corrected chi connectivity index (χ2v) is 11.3. The predicted octanol–water partition coefficient (Wildman–Crippen LogP) is 4.45. The second-order valence-electron chi connectivity index (χ2n) is 11.3. The molecule has 1 saturated carbocycles. The van der Waals surface area contributed by atoms with E-state index in [1.165, 1.54) is 0 Å². The molecule has 1 saturated heterocycles. The van der Waals surface area contributed by atoms with Crippen molar-refractivity contribution >= 4 is 6.09 Å². The summed E-state index contributed by atoms with van der Waals surface area (Å²) in [6.45, 7) is 8.31. The van der Waals surface area contributed by atoms with Gasteiger partial charge in [0.05, 0.1) is 11.8 Å². The van der Waals surface area contributed by atoms with Gasteiger partial charge < -0.3 is 29.1 Å². The summed E-state index contributed by atoms with van der Waals surface area (Å²) < 4.78 is 19.4. The van der Waals surface area contributed by atoms with Gasteiger partial charge in [-0.25, -0.2) is 9.48 Å². The van der Waals surface area contributed by atoms with Crippen LogP contribution >= 0.6 is 0 Å². The van der Waals surface area contributed by atoms with Crippen LogP contribution in [0.1, 0.15) is 64.7 Å². The van der Waals surface area contributed by atoms with Gasteiger partial charge in [-0.1, -0.05) is 0 Å². The van der Waals surface area contributed by atoms with E-state index in [0.717, 1.165) is 48.4 Å². The van der Waals surface area contributed by atoms with Gasteiger partial charge in [0.1, 0.15) is 23.7 Å². The lowest BCUT2D eigenvalue weighted by atomic mass is 9.92. The van der Waals surface area contributed by atoms with Gasteiger partial charge in [-0.3, -0.25) is 0 Å². The molecular formula is C28H42N4O5. The predicted molar refractivity (Wildman–Crippen MR) is 141 cm³/mol. The molecule has 9 heteroatoms. The molecule has 0 bridgehead atoms. The molecule has 2 fully saturated rings. The molecule has 1 aromatic carbocycles. The van der Waals surface area contributed by atoms with E-state index >= 15 is 0 Å². The zero-order valence-electron chi connectivity index (χ0n) is 22.9. The second kappa shape index (κ2) is 11.8. The Morgan fingerprint density at radius 2 is 1.89 bits per heavy atom. The third-order valence-electron chi connectivity index (χ3n) is 6.72. The number of amides is 1. The van der Waals surface area contributed by atoms with E-state index in [9.17, 15) is 9.90 Å². The van der Waals surface area contributed by atoms with Gasteiger partial charge in [0.25, 0.3) is 0 Å². The Bertz CT molecular complexity index is 1020. The van der Waals surface area contributed by atoms with Gasteiger partial charge in [0.2, 0.25) is 0 Å². The third-order valence-corrected chi connectivity index (χ3v) is 6.72. The monoisotopic (exact) mass is 514 g/mol. The maximum atomic E-state index is 12.3. The fraction of sp³-hybridized carbons (Fsp3) is 0.643. The van der Waals surface area contributed by atoms with Crippen LogP contribution in [0.25, 0.3) is 11.3 Å². The summed E-state index contributed by atoms with van der Waals surface area (Å²) in [5, 5.41) is 14.5. The van der Waals surface area contributed by atoms with Gasteiger partial charge in [0.15, 0.2) is 0 Å². The van der Waals surface area contributed by atoms with Crippen LogP contribution in [0.4, 0.5) is 4.79 Å². The first-order valence-corrected chi connectivity index (χ1v) is 13.3. The Kier molecular flexibility index (Phi) is 8.77. The summed E-state index contributed by atoms with van der Waals surface area (Å²) in [6.07, 6.45) is 6.14. The van der Waals surface area contributed by atoms with Crippen LogP contribution in [0.2, 0.25) is 0 Å². The quantitative estimate of drug-likeness (QED) is 0.529. The summed E-state index contributed by atoms with van der Waals surface area (Å²) in [5.74, 6) is 0.805. The van der Waals surface area contributed by atoms with E-state index in [1.807, 2.05) is 56.8 Å². The number of hydrogen-bond donors (Lipinski definition) is 1. The standard InChI is InChI=1S/C28H42N4O5/c1-28(2,3)37-27(34)31(5)14-13-30(4)18-21-19-32(25-8-6-7-15-35-25)29-26(21)20-9-11-23(12-10-20)36-24-16-22(33)17-24/h9-12,19,22,24-25,33H,6-8,13-18H2,1-5H3/t22-,24-,25?. The molecule has 4 rings (SSSR count). The van der Waals surface area contributed by atoms with Gasteiger partial charge in [-0.05, 0) is 71.3 Å². The van der Waals surface area contributed by atoms with Gasteiger partial charge in [-0.2, -0.15) is 5.10 Å². The van der Waals surface area contributed by atoms with Crippen LogP contribution in [0.5, 0.6) is 5.75 Å². The molecule has 2 heterocycles. The minimum absolute atomic E-state index is 0.0440. The van der Waals surface area contributed by atoms with E-state index in [0.29, 0.717) is 32.5 Å². The van der Waals surface area contributed by atoms with Gasteiger partial charge in [0, 0.05) is 63.5 Å². The number of rotatable bonds is 9. The number of aromatic nitrogens is 2. The van der Waals surface area contributed by atoms with Crippen molar-refractivity contribution in [3.63, 3.8) is 0 Å². The molecule has 1 unspecified atom stereocenters. The van der Waals surface area contributed by atoms with Crippen LogP contribution in [0, 0.1) is 0 Å². The van der Waals surface area contributed by atoms with E-state index in [2.05, 4.69) is 11.1 Å². The summed E-state index contributed by atoms with van der Waals surface area (Å²) in [6, 6.07) is 8.02. The molecular weight excluding hydrogens is 472 g/mol. The number of nitrogens with zero attached hydrogens (tertiary/aromatic N) is 4. The van der Waals surface area contributed by atoms with Crippen LogP contribution in [0.3, 0.4) is 0 Å². The molecule has 1 amide bonds. The molecule has 9 nitrogen and oxygen atoms in total. The highest BCUT2D eigenvalue weighted by Crippen LogP contribution is 2.31. The highest BCUT2D eigenvalue weighted by molar-refractivity contribution is 5.67. The molecule has 0 radical (unpaired) electrons. The molecule has 1 aliphatic heterocycles. The van der Waals surface area contributed by atoms with Crippen LogP contribution in [-0.4, -0.2) is 82.4 Å². The zero-order valence-corrected chi connectivity index (χ0v) is 22.9. The van der Waals surface area contributed by atoms with Crippen molar-refractivity contribution in [2.45, 2.75) is 83.5 Å². The van der Waals surface area contributed by atoms with Gasteiger partial charge in [-0.15, -0.1) is 0 Å². The first-order chi connectivity index (χ1) is 17.6. The number of aliphatic hydroxyl groups is 1. The average Bonchev–Trinajstić information content (AvgIpc) is 3.25. The number of carbonyl (C=O) groups is 1. The lowest BCUT2D eigenvalue weighted by Crippen LogP contribution is -2.38. The molecule has 1 N–H and O–H groups in total. The maximum Gasteiger partial charge on any atom is 0.410 e. The largest absolute Gasteiger partial charge is 0.490 e. The lowest BCUT2D eigenvalue weighted by molar-refractivity contribution is -0.0394. The first-order valence-electron chi connectivity index (χ1n) is 13.3. The van der Waals surface area contributed by atoms with Crippen molar-refractivity contribution in [1.29, 1.82) is 0 Å². The summed E-state index contributed by atoms with van der Waals surface area (Å²) in [5.41, 5.74) is 2.53. The van der Waals surface area contributed by atoms with Crippen molar-refractivity contribution in [3.05, 3.63) is 36.0 Å². The van der Waals surface area contributed by atoms with E-state index in [4.69, 9.17) is 19.3 Å². The normalized spacial score (nSPS) is 22.0. The molecule has 204 valence electrons. The average molecular weight is 515 g/mol. The Hall–Kier alpha value is -2.62. The van der Waals surface area contributed by atoms with Crippen LogP contribution in [-0.2, 0) is 16.0 Å². The summed E-state index contributed by atoms with van der Waals surface area (Å²) >= 11 is 0. The maximum absolute atomic E-state index is 12.3. The van der Waals surface area contributed by atoms with Crippen LogP contribution < -0.4 is 4.74 Å². The molecule has 37 heavy (non-hydrogen) atoms. The van der Waals surface area contributed by atoms with E-state index in [-0.39, 0.29) is 24.5 Å². The molecule has 1 atom stereocenters. The smallest absolute Gasteiger partial charge is 0.410 e. The molecule has 1 aromatic heterocycles. The number of hydrogen-bond acceptors (Lipinski definition) is 7. The van der Waals surface area contributed by atoms with Crippen molar-refractivity contribution in [2.75, 3.05) is 33.8 Å². The van der Waals surface area contributed by atoms with Crippen molar-refractivity contribution in [2.24, 2.45) is 0 Å². The number of benzene rings is 1. The zero-order chi connectivity index (χ0) is 26.6. The topological polar surface area (TPSA) is 89.3 Å². The van der Waals surface area contributed by atoms with Crippen molar-refractivity contribution in [1.82, 2.24) is 19.6 Å². The Labute approximate surface area is 220 Å². The van der Waals surface area contributed by atoms with Crippen LogP contribution in [0.15, 0.2) is 30.5 Å². The highest BCUT2D eigenvalue weighted by Gasteiger charge is 2.29. The lowest BCUT2D eigenvalue weighted by Gasteiger charge is -2.31. The fourth-order valence-electron chi connectivity index (χ4n) is 4.51. The Morgan fingerprint density at radius 1 is 1.16 bits per heavy atom. The summed E-state index contributed by atoms with van der Waals surface area (Å²) in [4.78, 5) is 16.1. The molecule has 0 spiro atoms. The number of ether oxygens (including phenoxy) is 3. The molecule has 1 aliphatic carbocycles. The van der Waals surface area contributed by atoms with E-state index < -0.39 is 5.60 Å². The SMILES string of the molecule is CN(CCN(C)C(=O)OC(C)(C)C)Cc1cn(C2CCCCO2)nc1-c1ccc(O[C@H]2C[C@H](O)C2)cc1. The number of aliphatic hydroxyl groups excluding tert-OH is 1. The molecule has 2 aromatic rings. The Morgan fingerprint density at radius 3 is 2.51 bits per heavy atom. The Balaban J connectivity index is 1.44. The third kappa shape index (κ3) is 7.69. The number of likely N-dealkylation sites (N-methyl/N-ethyl adjacent to an activating group) is 2. The summed E-state index contributed by atoms with van der Waals surface area (Å²) in [7, 11) is 3.81. The first kappa shape index (κ1) is 27.4. The minimum Gasteiger partial charge on any atom is -0.490 e. The van der Waals surface area contributed by atoms with E-state index in [1.54, 1.807) is 11.9 Å².